The lowest BCUT2D eigenvalue weighted by molar-refractivity contribution is -0.393. The number of non-ortho nitro benzene ring substituents is 1. The number of esters is 1. The quantitative estimate of drug-likeness (QED) is 0.114. The van der Waals surface area contributed by atoms with E-state index in [2.05, 4.69) is 26.5 Å². The Hall–Kier alpha value is -4.32. The number of nitrogens with one attached hydrogen (secondary N) is 1. The number of hydrazone groups is 1. The number of nitro groups is 2. The minimum Gasteiger partial charge on any atom is -0.462 e. The van der Waals surface area contributed by atoms with Crippen molar-refractivity contribution >= 4 is 50.7 Å². The highest BCUT2D eigenvalue weighted by Crippen LogP contribution is 2.29. The molecular weight excluding hydrogens is 524 g/mol. The maximum atomic E-state index is 12.6. The van der Waals surface area contributed by atoms with Gasteiger partial charge in [0.15, 0.2) is 0 Å². The predicted octanol–water partition coefficient (Wildman–Crippen LogP) is 5.96. The molecule has 3 rings (SSSR count). The zero-order valence-electron chi connectivity index (χ0n) is 18.6. The number of anilines is 1. The Morgan fingerprint density at radius 2 is 1.83 bits per heavy atom. The van der Waals surface area contributed by atoms with E-state index in [0.29, 0.717) is 11.5 Å². The minimum atomic E-state index is -0.769. The second kappa shape index (κ2) is 11.2. The van der Waals surface area contributed by atoms with Crippen molar-refractivity contribution < 1.29 is 23.8 Å². The van der Waals surface area contributed by atoms with Crippen LogP contribution in [0.15, 0.2) is 74.2 Å². The van der Waals surface area contributed by atoms with Crippen LogP contribution in [0.1, 0.15) is 19.6 Å². The summed E-state index contributed by atoms with van der Waals surface area (Å²) in [6.45, 7) is 3.28. The van der Waals surface area contributed by atoms with Crippen LogP contribution in [0.2, 0.25) is 0 Å². The summed E-state index contributed by atoms with van der Waals surface area (Å²) < 4.78 is 11.9. The molecule has 0 aliphatic heterocycles. The molecular formula is C23H19BrN4O7. The molecule has 180 valence electrons. The number of hydrogen-bond donors (Lipinski definition) is 1. The maximum Gasteiger partial charge on any atom is 0.340 e. The van der Waals surface area contributed by atoms with E-state index >= 15 is 0 Å². The van der Waals surface area contributed by atoms with E-state index in [0.717, 1.165) is 28.2 Å². The number of rotatable bonds is 9. The van der Waals surface area contributed by atoms with Gasteiger partial charge in [0.25, 0.3) is 5.69 Å². The number of benzene rings is 2. The lowest BCUT2D eigenvalue weighted by atomic mass is 10.1. The highest BCUT2D eigenvalue weighted by atomic mass is 79.9. The second-order valence-electron chi connectivity index (χ2n) is 7.01. The van der Waals surface area contributed by atoms with Crippen LogP contribution in [0, 0.1) is 20.2 Å². The Kier molecular flexibility index (Phi) is 8.10. The smallest absolute Gasteiger partial charge is 0.340 e. The average molecular weight is 543 g/mol. The molecule has 1 N–H and O–H groups in total. The van der Waals surface area contributed by atoms with Crippen molar-refractivity contribution in [1.29, 1.82) is 0 Å². The third-order valence-corrected chi connectivity index (χ3v) is 5.19. The van der Waals surface area contributed by atoms with Gasteiger partial charge in [-0.25, -0.2) is 4.79 Å². The Morgan fingerprint density at radius 1 is 1.11 bits per heavy atom. The number of nitrogens with zero attached hydrogens (tertiary/aromatic N) is 3. The molecule has 2 aromatic carbocycles. The van der Waals surface area contributed by atoms with E-state index in [1.54, 1.807) is 19.1 Å². The highest BCUT2D eigenvalue weighted by Gasteiger charge is 2.20. The van der Waals surface area contributed by atoms with Gasteiger partial charge in [-0.3, -0.25) is 25.7 Å². The van der Waals surface area contributed by atoms with Gasteiger partial charge in [-0.15, -0.1) is 0 Å². The summed E-state index contributed by atoms with van der Waals surface area (Å²) in [6, 6.07) is 14.0. The number of carbonyl (C=O) groups is 1. The first kappa shape index (κ1) is 25.3. The highest BCUT2D eigenvalue weighted by molar-refractivity contribution is 9.10. The first-order valence-corrected chi connectivity index (χ1v) is 11.0. The van der Waals surface area contributed by atoms with Crippen molar-refractivity contribution in [3.8, 4) is 11.3 Å². The number of halogens is 1. The minimum absolute atomic E-state index is 0.0561. The van der Waals surface area contributed by atoms with Gasteiger partial charge >= 0.3 is 11.7 Å². The molecule has 0 saturated heterocycles. The summed E-state index contributed by atoms with van der Waals surface area (Å²) in [7, 11) is 0. The van der Waals surface area contributed by atoms with Gasteiger partial charge in [-0.1, -0.05) is 28.1 Å². The number of nitro benzene ring substituents is 2. The summed E-state index contributed by atoms with van der Waals surface area (Å²) in [5.41, 5.74) is 2.48. The first-order chi connectivity index (χ1) is 16.7. The van der Waals surface area contributed by atoms with Crippen molar-refractivity contribution in [2.24, 2.45) is 5.10 Å². The molecule has 0 aliphatic rings. The number of carbonyl (C=O) groups excluding carboxylic acids is 1. The standard InChI is InChI=1S/C23H19BrN4O7/c1-3-34-23(29)19(13-18-9-11-22(35-18)15-4-6-16(24)7-5-15)14(2)25-26-20-10-8-17(27(30)31)12-21(20)28(32)33/h4-13,26H,3H2,1-2H3. The van der Waals surface area contributed by atoms with Crippen LogP contribution in [-0.4, -0.2) is 28.1 Å². The summed E-state index contributed by atoms with van der Waals surface area (Å²) in [5, 5.41) is 26.3. The number of ether oxygens (including phenoxy) is 1. The molecule has 0 atom stereocenters. The molecule has 11 nitrogen and oxygen atoms in total. The van der Waals surface area contributed by atoms with Crippen molar-refractivity contribution in [2.45, 2.75) is 13.8 Å². The maximum absolute atomic E-state index is 12.6. The predicted molar refractivity (Wildman–Crippen MR) is 133 cm³/mol. The molecule has 0 amide bonds. The molecule has 0 unspecified atom stereocenters. The number of furan rings is 1. The molecule has 0 bridgehead atoms. The zero-order valence-corrected chi connectivity index (χ0v) is 20.1. The molecule has 0 fully saturated rings. The largest absolute Gasteiger partial charge is 0.462 e. The average Bonchev–Trinajstić information content (AvgIpc) is 3.30. The van der Waals surface area contributed by atoms with Crippen LogP contribution >= 0.6 is 15.9 Å². The van der Waals surface area contributed by atoms with Gasteiger partial charge in [0, 0.05) is 16.1 Å². The third kappa shape index (κ3) is 6.38. The Bertz CT molecular complexity index is 1330. The Morgan fingerprint density at radius 3 is 2.46 bits per heavy atom. The van der Waals surface area contributed by atoms with Gasteiger partial charge in [0.05, 0.1) is 33.8 Å². The molecule has 35 heavy (non-hydrogen) atoms. The van der Waals surface area contributed by atoms with E-state index in [1.165, 1.54) is 13.0 Å². The molecule has 0 aliphatic carbocycles. The zero-order chi connectivity index (χ0) is 25.5. The molecule has 3 aromatic rings. The van der Waals surface area contributed by atoms with E-state index in [1.807, 2.05) is 24.3 Å². The molecule has 12 heteroatoms. The Labute approximate surface area is 207 Å². The van der Waals surface area contributed by atoms with Crippen molar-refractivity contribution in [2.75, 3.05) is 12.0 Å². The molecule has 1 heterocycles. The monoisotopic (exact) mass is 542 g/mol. The summed E-state index contributed by atoms with van der Waals surface area (Å²) in [6.07, 6.45) is 1.45. The Balaban J connectivity index is 1.92. The van der Waals surface area contributed by atoms with Crippen LogP contribution in [0.25, 0.3) is 17.4 Å². The third-order valence-electron chi connectivity index (χ3n) is 4.66. The molecule has 0 spiro atoms. The molecule has 0 radical (unpaired) electrons. The molecule has 0 saturated carbocycles. The summed E-state index contributed by atoms with van der Waals surface area (Å²) in [4.78, 5) is 33.3. The van der Waals surface area contributed by atoms with Gasteiger partial charge < -0.3 is 9.15 Å². The van der Waals surface area contributed by atoms with Crippen molar-refractivity contribution in [3.63, 3.8) is 0 Å². The van der Waals surface area contributed by atoms with Crippen LogP contribution < -0.4 is 5.43 Å². The van der Waals surface area contributed by atoms with Gasteiger partial charge in [-0.2, -0.15) is 5.10 Å². The normalized spacial score (nSPS) is 11.7. The fourth-order valence-electron chi connectivity index (χ4n) is 2.95. The lowest BCUT2D eigenvalue weighted by Crippen LogP contribution is -2.15. The second-order valence-corrected chi connectivity index (χ2v) is 7.93. The van der Waals surface area contributed by atoms with Crippen LogP contribution in [0.3, 0.4) is 0 Å². The summed E-state index contributed by atoms with van der Waals surface area (Å²) in [5.74, 6) is 0.276. The van der Waals surface area contributed by atoms with Crippen LogP contribution in [0.4, 0.5) is 17.1 Å². The fourth-order valence-corrected chi connectivity index (χ4v) is 3.21. The molecule has 1 aromatic heterocycles. The van der Waals surface area contributed by atoms with Crippen molar-refractivity contribution in [3.05, 3.63) is 90.6 Å². The topological polar surface area (TPSA) is 150 Å². The number of hydrogen-bond acceptors (Lipinski definition) is 9. The van der Waals surface area contributed by atoms with E-state index < -0.39 is 27.2 Å². The van der Waals surface area contributed by atoms with Gasteiger partial charge in [0.2, 0.25) is 0 Å². The SMILES string of the molecule is CCOC(=O)C(=Cc1ccc(-c2ccc(Br)cc2)o1)C(C)=NNc1ccc([N+](=O)[O-])cc1[N+](=O)[O-]. The van der Waals surface area contributed by atoms with Crippen LogP contribution in [-0.2, 0) is 9.53 Å². The van der Waals surface area contributed by atoms with E-state index in [4.69, 9.17) is 9.15 Å². The van der Waals surface area contributed by atoms with E-state index in [-0.39, 0.29) is 23.6 Å². The van der Waals surface area contributed by atoms with E-state index in [9.17, 15) is 25.0 Å². The fraction of sp³-hybridized carbons (Fsp3) is 0.130. The van der Waals surface area contributed by atoms with Crippen LogP contribution in [0.5, 0.6) is 0 Å². The van der Waals surface area contributed by atoms with Crippen molar-refractivity contribution in [1.82, 2.24) is 0 Å². The first-order valence-electron chi connectivity index (χ1n) is 10.2. The summed E-state index contributed by atoms with van der Waals surface area (Å²) >= 11 is 3.38. The lowest BCUT2D eigenvalue weighted by Gasteiger charge is -2.08. The van der Waals surface area contributed by atoms with Gasteiger partial charge in [0.1, 0.15) is 17.2 Å². The van der Waals surface area contributed by atoms with Gasteiger partial charge in [-0.05, 0) is 50.3 Å².